The van der Waals surface area contributed by atoms with Gasteiger partial charge in [-0.3, -0.25) is 9.59 Å². The molecule has 6 atom stereocenters. The maximum Gasteiger partial charge on any atom is 0.306 e. The third kappa shape index (κ3) is 23.4. The van der Waals surface area contributed by atoms with Crippen LogP contribution in [0.15, 0.2) is 36.5 Å². The molecule has 10 nitrogen and oxygen atoms in total. The van der Waals surface area contributed by atoms with E-state index in [0.717, 1.165) is 70.6 Å². The largest absolute Gasteiger partial charge is 0.462 e. The van der Waals surface area contributed by atoms with Gasteiger partial charge in [0.2, 0.25) is 0 Å². The Morgan fingerprint density at radius 2 is 1.18 bits per heavy atom. The SMILES string of the molecule is CC/C=C/C/C=C/C/C=C/CCCCCCCC(=O)O[C@H](COC(=O)CCCCCCCCCCCC)CO[C@@H]1O[C@H](CO)[C@H](O)C(O)C1O. The Morgan fingerprint density at radius 3 is 1.78 bits per heavy atom. The Labute approximate surface area is 302 Å². The van der Waals surface area contributed by atoms with Crippen molar-refractivity contribution >= 4 is 11.9 Å². The second-order valence-electron chi connectivity index (χ2n) is 13.4. The summed E-state index contributed by atoms with van der Waals surface area (Å²) in [6.45, 7) is 3.26. The highest BCUT2D eigenvalue weighted by atomic mass is 16.7. The second kappa shape index (κ2) is 31.6. The lowest BCUT2D eigenvalue weighted by Crippen LogP contribution is -2.59. The number of aliphatic hydroxyl groups excluding tert-OH is 4. The van der Waals surface area contributed by atoms with Gasteiger partial charge in [0.1, 0.15) is 31.0 Å². The van der Waals surface area contributed by atoms with Gasteiger partial charge in [-0.15, -0.1) is 0 Å². The third-order valence-electron chi connectivity index (χ3n) is 8.79. The Hall–Kier alpha value is -2.08. The molecular weight excluding hydrogens is 640 g/mol. The van der Waals surface area contributed by atoms with Crippen molar-refractivity contribution < 1.29 is 49.0 Å². The van der Waals surface area contributed by atoms with Crippen LogP contribution >= 0.6 is 0 Å². The molecule has 0 amide bonds. The van der Waals surface area contributed by atoms with E-state index in [4.69, 9.17) is 18.9 Å². The first-order valence-electron chi connectivity index (χ1n) is 19.6. The average molecular weight is 711 g/mol. The Balaban J connectivity index is 2.41. The molecule has 0 aromatic carbocycles. The smallest absolute Gasteiger partial charge is 0.306 e. The van der Waals surface area contributed by atoms with E-state index < -0.39 is 49.4 Å². The summed E-state index contributed by atoms with van der Waals surface area (Å²) >= 11 is 0. The molecule has 0 aromatic heterocycles. The monoisotopic (exact) mass is 710 g/mol. The van der Waals surface area contributed by atoms with Gasteiger partial charge in [0.25, 0.3) is 0 Å². The first kappa shape index (κ1) is 45.9. The number of hydrogen-bond acceptors (Lipinski definition) is 10. The zero-order chi connectivity index (χ0) is 36.7. The second-order valence-corrected chi connectivity index (χ2v) is 13.4. The van der Waals surface area contributed by atoms with Crippen molar-refractivity contribution in [2.24, 2.45) is 0 Å². The normalized spacial score (nSPS) is 21.8. The van der Waals surface area contributed by atoms with Crippen LogP contribution in [0.4, 0.5) is 0 Å². The predicted molar refractivity (Wildman–Crippen MR) is 196 cm³/mol. The molecule has 0 spiro atoms. The van der Waals surface area contributed by atoms with Crippen LogP contribution in [0.1, 0.15) is 149 Å². The van der Waals surface area contributed by atoms with Crippen LogP contribution < -0.4 is 0 Å². The van der Waals surface area contributed by atoms with Crippen molar-refractivity contribution in [2.45, 2.75) is 185 Å². The van der Waals surface area contributed by atoms with E-state index in [1.807, 2.05) is 0 Å². The minimum Gasteiger partial charge on any atom is -0.462 e. The number of aliphatic hydroxyl groups is 4. The minimum atomic E-state index is -1.60. The number of esters is 2. The molecular formula is C40H70O10. The van der Waals surface area contributed by atoms with Crippen LogP contribution in [0.2, 0.25) is 0 Å². The van der Waals surface area contributed by atoms with Crippen LogP contribution in [-0.2, 0) is 28.5 Å². The first-order chi connectivity index (χ1) is 24.3. The number of carbonyl (C=O) groups excluding carboxylic acids is 2. The zero-order valence-corrected chi connectivity index (χ0v) is 31.1. The van der Waals surface area contributed by atoms with E-state index >= 15 is 0 Å². The van der Waals surface area contributed by atoms with Gasteiger partial charge in [0.05, 0.1) is 13.2 Å². The van der Waals surface area contributed by atoms with E-state index in [2.05, 4.69) is 50.3 Å². The lowest BCUT2D eigenvalue weighted by molar-refractivity contribution is -0.305. The molecule has 50 heavy (non-hydrogen) atoms. The summed E-state index contributed by atoms with van der Waals surface area (Å²) in [5, 5.41) is 39.9. The lowest BCUT2D eigenvalue weighted by Gasteiger charge is -2.39. The Kier molecular flexibility index (Phi) is 29.1. The van der Waals surface area contributed by atoms with Crippen LogP contribution in [-0.4, -0.2) is 89.0 Å². The Bertz CT molecular complexity index is 918. The van der Waals surface area contributed by atoms with Crippen LogP contribution in [0.5, 0.6) is 0 Å². The van der Waals surface area contributed by atoms with Crippen LogP contribution in [0, 0.1) is 0 Å². The average Bonchev–Trinajstić information content (AvgIpc) is 3.11. The van der Waals surface area contributed by atoms with Gasteiger partial charge in [0.15, 0.2) is 12.4 Å². The van der Waals surface area contributed by atoms with Crippen molar-refractivity contribution in [2.75, 3.05) is 19.8 Å². The van der Waals surface area contributed by atoms with E-state index in [1.54, 1.807) is 0 Å². The van der Waals surface area contributed by atoms with Crippen LogP contribution in [0.25, 0.3) is 0 Å². The molecule has 1 heterocycles. The van der Waals surface area contributed by atoms with Gasteiger partial charge in [-0.1, -0.05) is 127 Å². The molecule has 1 aliphatic rings. The number of carbonyl (C=O) groups is 2. The van der Waals surface area contributed by atoms with Gasteiger partial charge in [0, 0.05) is 12.8 Å². The molecule has 290 valence electrons. The molecule has 1 saturated heterocycles. The molecule has 2 unspecified atom stereocenters. The molecule has 0 aliphatic carbocycles. The number of ether oxygens (including phenoxy) is 4. The summed E-state index contributed by atoms with van der Waals surface area (Å²) < 4.78 is 22.0. The highest BCUT2D eigenvalue weighted by molar-refractivity contribution is 5.70. The van der Waals surface area contributed by atoms with Crippen molar-refractivity contribution in [3.05, 3.63) is 36.5 Å². The minimum absolute atomic E-state index is 0.211. The van der Waals surface area contributed by atoms with Gasteiger partial charge in [-0.25, -0.2) is 0 Å². The predicted octanol–water partition coefficient (Wildman–Crippen LogP) is 7.16. The molecule has 0 bridgehead atoms. The fourth-order valence-electron chi connectivity index (χ4n) is 5.67. The Morgan fingerprint density at radius 1 is 0.640 bits per heavy atom. The van der Waals surface area contributed by atoms with Crippen molar-refractivity contribution in [3.63, 3.8) is 0 Å². The molecule has 10 heteroatoms. The summed E-state index contributed by atoms with van der Waals surface area (Å²) in [6.07, 6.45) is 25.9. The molecule has 0 radical (unpaired) electrons. The quantitative estimate of drug-likeness (QED) is 0.0331. The first-order valence-corrected chi connectivity index (χ1v) is 19.6. The van der Waals surface area contributed by atoms with Gasteiger partial charge < -0.3 is 39.4 Å². The number of hydrogen-bond donors (Lipinski definition) is 4. The van der Waals surface area contributed by atoms with Crippen molar-refractivity contribution in [1.82, 2.24) is 0 Å². The fraction of sp³-hybridized carbons (Fsp3) is 0.800. The molecule has 1 rings (SSSR count). The summed E-state index contributed by atoms with van der Waals surface area (Å²) in [4.78, 5) is 25.1. The van der Waals surface area contributed by atoms with Gasteiger partial charge >= 0.3 is 11.9 Å². The summed E-state index contributed by atoms with van der Waals surface area (Å²) in [7, 11) is 0. The van der Waals surface area contributed by atoms with Gasteiger partial charge in [-0.05, 0) is 44.9 Å². The lowest BCUT2D eigenvalue weighted by atomic mass is 9.99. The summed E-state index contributed by atoms with van der Waals surface area (Å²) in [5.74, 6) is -0.830. The summed E-state index contributed by atoms with van der Waals surface area (Å²) in [5.41, 5.74) is 0. The number of rotatable bonds is 31. The topological polar surface area (TPSA) is 152 Å². The van der Waals surface area contributed by atoms with Crippen molar-refractivity contribution in [3.8, 4) is 0 Å². The molecule has 0 saturated carbocycles. The van der Waals surface area contributed by atoms with E-state index in [0.29, 0.717) is 6.42 Å². The van der Waals surface area contributed by atoms with E-state index in [9.17, 15) is 30.0 Å². The maximum absolute atomic E-state index is 12.7. The standard InChI is InChI=1S/C40H70O10/c1-3-5-7-9-11-13-15-16-17-18-19-21-23-25-27-29-36(43)49-33(32-48-40-39(46)38(45)37(44)34(30-41)50-40)31-47-35(42)28-26-24-22-20-14-12-10-8-6-4-2/h5,7,11,13,16-17,33-34,37-41,44-46H,3-4,6,8-10,12,14-15,18-32H2,1-2H3/b7-5+,13-11+,17-16+/t33-,34-,37+,38?,39?,40-/m1/s1. The van der Waals surface area contributed by atoms with E-state index in [-0.39, 0.29) is 32.0 Å². The summed E-state index contributed by atoms with van der Waals surface area (Å²) in [6, 6.07) is 0. The van der Waals surface area contributed by atoms with Gasteiger partial charge in [-0.2, -0.15) is 0 Å². The number of unbranched alkanes of at least 4 members (excludes halogenated alkanes) is 14. The number of allylic oxidation sites excluding steroid dienone is 6. The molecule has 0 aromatic rings. The van der Waals surface area contributed by atoms with E-state index in [1.165, 1.54) is 44.9 Å². The van der Waals surface area contributed by atoms with Crippen LogP contribution in [0.3, 0.4) is 0 Å². The molecule has 1 fully saturated rings. The zero-order valence-electron chi connectivity index (χ0n) is 31.1. The molecule has 4 N–H and O–H groups in total. The highest BCUT2D eigenvalue weighted by Crippen LogP contribution is 2.22. The molecule has 1 aliphatic heterocycles. The van der Waals surface area contributed by atoms with Crippen molar-refractivity contribution in [1.29, 1.82) is 0 Å². The fourth-order valence-corrected chi connectivity index (χ4v) is 5.67. The maximum atomic E-state index is 12.7. The third-order valence-corrected chi connectivity index (χ3v) is 8.79. The highest BCUT2D eigenvalue weighted by Gasteiger charge is 2.44.